The number of H-pyrrole nitrogens is 1. The Morgan fingerprint density at radius 3 is 2.62 bits per heavy atom. The summed E-state index contributed by atoms with van der Waals surface area (Å²) in [6, 6.07) is 1.97. The van der Waals surface area contributed by atoms with Crippen LogP contribution >= 0.6 is 23.2 Å². The number of urea groups is 1. The second kappa shape index (κ2) is 11.0. The van der Waals surface area contributed by atoms with Crippen molar-refractivity contribution in [3.05, 3.63) is 58.1 Å². The Kier molecular flexibility index (Phi) is 8.12. The van der Waals surface area contributed by atoms with Crippen LogP contribution in [0.4, 0.5) is 18.0 Å². The number of hydrogen-bond acceptors (Lipinski definition) is 6. The number of benzene rings is 1. The van der Waals surface area contributed by atoms with Gasteiger partial charge in [0.05, 0.1) is 16.8 Å². The molecule has 1 atom stereocenters. The highest BCUT2D eigenvalue weighted by molar-refractivity contribution is 6.36. The van der Waals surface area contributed by atoms with E-state index >= 15 is 0 Å². The summed E-state index contributed by atoms with van der Waals surface area (Å²) in [5.41, 5.74) is 4.34. The number of halogens is 5. The van der Waals surface area contributed by atoms with Crippen LogP contribution < -0.4 is 20.9 Å². The number of carbonyl (C=O) groups is 2. The van der Waals surface area contributed by atoms with Crippen molar-refractivity contribution in [3.8, 4) is 16.9 Å². The fourth-order valence-electron chi connectivity index (χ4n) is 2.77. The van der Waals surface area contributed by atoms with Gasteiger partial charge in [-0.25, -0.2) is 23.4 Å². The van der Waals surface area contributed by atoms with Crippen molar-refractivity contribution < 1.29 is 27.5 Å². The molecule has 2 heterocycles. The van der Waals surface area contributed by atoms with Gasteiger partial charge < -0.3 is 15.0 Å². The van der Waals surface area contributed by atoms with Gasteiger partial charge in [0.1, 0.15) is 24.5 Å². The van der Waals surface area contributed by atoms with Gasteiger partial charge in [-0.05, 0) is 25.1 Å². The molecule has 15 heteroatoms. The van der Waals surface area contributed by atoms with Crippen molar-refractivity contribution in [1.29, 1.82) is 0 Å². The highest BCUT2D eigenvalue weighted by Crippen LogP contribution is 2.39. The lowest BCUT2D eigenvalue weighted by Crippen LogP contribution is -2.47. The first-order valence-corrected chi connectivity index (χ1v) is 10.2. The molecular weight excluding hydrogens is 502 g/mol. The van der Waals surface area contributed by atoms with E-state index in [0.29, 0.717) is 0 Å². The highest BCUT2D eigenvalue weighted by atomic mass is 35.5. The van der Waals surface area contributed by atoms with Gasteiger partial charge in [-0.15, -0.1) is 10.2 Å². The third kappa shape index (κ3) is 6.26. The maximum Gasteiger partial charge on any atom is 0.334 e. The average molecular weight is 518 g/mol. The minimum atomic E-state index is -2.75. The number of nitrogens with one attached hydrogen (secondary N) is 4. The average Bonchev–Trinajstić information content (AvgIpc) is 3.31. The summed E-state index contributed by atoms with van der Waals surface area (Å²) in [5.74, 6) is -1.80. The zero-order valence-corrected chi connectivity index (χ0v) is 18.7. The largest absolute Gasteiger partial charge is 0.485 e. The van der Waals surface area contributed by atoms with Gasteiger partial charge in [0.25, 0.3) is 6.43 Å². The van der Waals surface area contributed by atoms with Crippen LogP contribution in [0.15, 0.2) is 30.7 Å². The maximum atomic E-state index is 14.8. The molecule has 0 fully saturated rings. The van der Waals surface area contributed by atoms with E-state index in [1.165, 1.54) is 31.6 Å². The lowest BCUT2D eigenvalue weighted by atomic mass is 10.0. The van der Waals surface area contributed by atoms with Crippen LogP contribution in [0.5, 0.6) is 5.75 Å². The molecule has 0 aliphatic rings. The zero-order valence-electron chi connectivity index (χ0n) is 17.2. The Bertz CT molecular complexity index is 1180. The molecule has 0 aliphatic carbocycles. The third-order valence-corrected chi connectivity index (χ3v) is 4.72. The normalized spacial score (nSPS) is 11.7. The Balaban J connectivity index is 1.72. The second-order valence-corrected chi connectivity index (χ2v) is 7.51. The zero-order chi connectivity index (χ0) is 24.8. The van der Waals surface area contributed by atoms with Crippen molar-refractivity contribution in [2.24, 2.45) is 0 Å². The highest BCUT2D eigenvalue weighted by Gasteiger charge is 2.20. The van der Waals surface area contributed by atoms with E-state index in [4.69, 9.17) is 27.9 Å². The molecule has 34 heavy (non-hydrogen) atoms. The molecule has 180 valence electrons. The molecule has 10 nitrogen and oxygen atoms in total. The number of hydrazine groups is 1. The Labute approximate surface area is 200 Å². The lowest BCUT2D eigenvalue weighted by molar-refractivity contribution is 0.0822. The van der Waals surface area contributed by atoms with E-state index in [-0.39, 0.29) is 38.4 Å². The Morgan fingerprint density at radius 2 is 1.97 bits per heavy atom. The maximum absolute atomic E-state index is 14.8. The molecule has 0 spiro atoms. The molecule has 2 aromatic heterocycles. The first kappa shape index (κ1) is 25.1. The van der Waals surface area contributed by atoms with Gasteiger partial charge in [0.2, 0.25) is 5.82 Å². The van der Waals surface area contributed by atoms with E-state index in [2.05, 4.69) is 36.3 Å². The molecule has 0 saturated carbocycles. The number of aromatic nitrogens is 4. The van der Waals surface area contributed by atoms with Gasteiger partial charge in [0, 0.05) is 22.3 Å². The van der Waals surface area contributed by atoms with Crippen LogP contribution in [0.25, 0.3) is 11.1 Å². The molecule has 0 unspecified atom stereocenters. The minimum Gasteiger partial charge on any atom is -0.485 e. The number of amides is 3. The minimum absolute atomic E-state index is 0.0354. The first-order chi connectivity index (χ1) is 16.2. The standard InChI is InChI=1S/C19H16Cl2F3N7O3/c1-8(28-19(33)31-30-18(32)17-26-7-27-29-17)15-13(22)2-9(5-25-15)11-3-10(20)4-12(21)16(11)34-6-14(23)24/h2-5,7-8,14H,6H2,1H3,(H,30,32)(H,26,27,29)(H2,28,31,33)/t8-/m1/s1. The van der Waals surface area contributed by atoms with Gasteiger partial charge >= 0.3 is 11.9 Å². The second-order valence-electron chi connectivity index (χ2n) is 6.67. The van der Waals surface area contributed by atoms with E-state index in [1.807, 2.05) is 0 Å². The third-order valence-electron chi connectivity index (χ3n) is 4.22. The number of carbonyl (C=O) groups excluding carboxylic acids is 2. The molecule has 4 N–H and O–H groups in total. The summed E-state index contributed by atoms with van der Waals surface area (Å²) in [4.78, 5) is 30.2. The van der Waals surface area contributed by atoms with E-state index in [1.54, 1.807) is 0 Å². The molecule has 0 radical (unpaired) electrons. The van der Waals surface area contributed by atoms with Gasteiger partial charge in [-0.3, -0.25) is 15.2 Å². The van der Waals surface area contributed by atoms with E-state index in [9.17, 15) is 22.8 Å². The van der Waals surface area contributed by atoms with Crippen LogP contribution in [0.3, 0.4) is 0 Å². The molecule has 0 bridgehead atoms. The lowest BCUT2D eigenvalue weighted by Gasteiger charge is -2.17. The van der Waals surface area contributed by atoms with Gasteiger partial charge in [-0.2, -0.15) is 0 Å². The number of alkyl halides is 2. The summed E-state index contributed by atoms with van der Waals surface area (Å²) in [7, 11) is 0. The van der Waals surface area contributed by atoms with Gasteiger partial charge in [-0.1, -0.05) is 23.2 Å². The Morgan fingerprint density at radius 1 is 1.21 bits per heavy atom. The number of aromatic amines is 1. The molecule has 1 aromatic carbocycles. The summed E-state index contributed by atoms with van der Waals surface area (Å²) < 4.78 is 45.1. The van der Waals surface area contributed by atoms with Crippen LogP contribution in [0.1, 0.15) is 29.3 Å². The van der Waals surface area contributed by atoms with Crippen LogP contribution in [0, 0.1) is 5.82 Å². The van der Waals surface area contributed by atoms with Crippen molar-refractivity contribution in [2.45, 2.75) is 19.4 Å². The molecule has 3 rings (SSSR count). The van der Waals surface area contributed by atoms with Crippen LogP contribution in [-0.2, 0) is 0 Å². The van der Waals surface area contributed by atoms with Crippen molar-refractivity contribution in [1.82, 2.24) is 36.3 Å². The topological polar surface area (TPSA) is 134 Å². The number of pyridine rings is 1. The predicted octanol–water partition coefficient (Wildman–Crippen LogP) is 3.66. The van der Waals surface area contributed by atoms with Crippen LogP contribution in [0.2, 0.25) is 10.0 Å². The number of hydrogen-bond donors (Lipinski definition) is 4. The number of nitrogens with zero attached hydrogens (tertiary/aromatic N) is 3. The molecule has 0 aliphatic heterocycles. The molecular formula is C19H16Cl2F3N7O3. The fourth-order valence-corrected chi connectivity index (χ4v) is 3.32. The monoisotopic (exact) mass is 517 g/mol. The number of rotatable bonds is 7. The fraction of sp³-hybridized carbons (Fsp3) is 0.211. The number of ether oxygens (including phenoxy) is 1. The quantitative estimate of drug-likeness (QED) is 0.353. The van der Waals surface area contributed by atoms with E-state index < -0.39 is 36.8 Å². The smallest absolute Gasteiger partial charge is 0.334 e. The summed E-state index contributed by atoms with van der Waals surface area (Å²) in [5, 5.41) is 9.44. The van der Waals surface area contributed by atoms with Crippen molar-refractivity contribution in [2.75, 3.05) is 6.61 Å². The predicted molar refractivity (Wildman–Crippen MR) is 115 cm³/mol. The molecule has 3 amide bonds. The Hall–Kier alpha value is -3.58. The van der Waals surface area contributed by atoms with E-state index in [0.717, 1.165) is 6.07 Å². The van der Waals surface area contributed by atoms with Crippen molar-refractivity contribution >= 4 is 35.1 Å². The van der Waals surface area contributed by atoms with Crippen LogP contribution in [-0.4, -0.2) is 45.1 Å². The molecule has 3 aromatic rings. The van der Waals surface area contributed by atoms with Crippen molar-refractivity contribution in [3.63, 3.8) is 0 Å². The summed E-state index contributed by atoms with van der Waals surface area (Å²) in [6.45, 7) is 0.530. The van der Waals surface area contributed by atoms with Gasteiger partial charge in [0.15, 0.2) is 0 Å². The summed E-state index contributed by atoms with van der Waals surface area (Å²) >= 11 is 12.1. The first-order valence-electron chi connectivity index (χ1n) is 9.44. The summed E-state index contributed by atoms with van der Waals surface area (Å²) in [6.07, 6.45) is -0.326. The SMILES string of the molecule is C[C@@H](NC(=O)NNC(=O)c1nnc[nH]1)c1ncc(-c2cc(Cl)cc(Cl)c2OCC(F)F)cc1F. The molecule has 0 saturated heterocycles.